The predicted octanol–water partition coefficient (Wildman–Crippen LogP) is 4.02. The molecule has 1 aliphatic heterocycles. The summed E-state index contributed by atoms with van der Waals surface area (Å²) < 4.78 is 0. The Morgan fingerprint density at radius 2 is 2.08 bits per heavy atom. The molecule has 2 unspecified atom stereocenters. The van der Waals surface area contributed by atoms with Crippen LogP contribution in [0.15, 0.2) is 18.2 Å². The highest BCUT2D eigenvalue weighted by Gasteiger charge is 2.36. The van der Waals surface area contributed by atoms with Crippen molar-refractivity contribution in [3.8, 4) is 0 Å². The van der Waals surface area contributed by atoms with Gasteiger partial charge in [0.1, 0.15) is 0 Å². The summed E-state index contributed by atoms with van der Waals surface area (Å²) in [5.74, 6) is -0.0711. The SMILES string of the molecule is CC(C)C1CC(C(=O)NCc2ccc(Cl)cc2Cl)CCN1C(=O)O. The van der Waals surface area contributed by atoms with Gasteiger partial charge in [-0.25, -0.2) is 4.79 Å². The molecule has 1 saturated heterocycles. The Morgan fingerprint density at radius 1 is 1.38 bits per heavy atom. The number of piperidine rings is 1. The zero-order chi connectivity index (χ0) is 17.9. The zero-order valence-electron chi connectivity index (χ0n) is 13.8. The van der Waals surface area contributed by atoms with Gasteiger partial charge in [0.25, 0.3) is 0 Å². The smallest absolute Gasteiger partial charge is 0.407 e. The quantitative estimate of drug-likeness (QED) is 0.838. The molecule has 2 rings (SSSR count). The summed E-state index contributed by atoms with van der Waals surface area (Å²) in [6.45, 7) is 4.68. The highest BCUT2D eigenvalue weighted by atomic mass is 35.5. The van der Waals surface area contributed by atoms with Gasteiger partial charge in [-0.05, 0) is 36.5 Å². The van der Waals surface area contributed by atoms with Gasteiger partial charge in [0.2, 0.25) is 5.91 Å². The lowest BCUT2D eigenvalue weighted by Crippen LogP contribution is -2.50. The number of hydrogen-bond donors (Lipinski definition) is 2. The highest BCUT2D eigenvalue weighted by molar-refractivity contribution is 6.35. The summed E-state index contributed by atoms with van der Waals surface area (Å²) in [5, 5.41) is 13.3. The molecular weight excluding hydrogens is 351 g/mol. The molecule has 1 fully saturated rings. The van der Waals surface area contributed by atoms with Crippen LogP contribution in [0.1, 0.15) is 32.3 Å². The topological polar surface area (TPSA) is 69.6 Å². The normalized spacial score (nSPS) is 21.0. The van der Waals surface area contributed by atoms with E-state index in [0.717, 1.165) is 5.56 Å². The lowest BCUT2D eigenvalue weighted by atomic mass is 9.85. The van der Waals surface area contributed by atoms with Gasteiger partial charge in [0.05, 0.1) is 0 Å². The number of halogens is 2. The van der Waals surface area contributed by atoms with Gasteiger partial charge in [0, 0.05) is 35.1 Å². The minimum absolute atomic E-state index is 0.0586. The second-order valence-corrected chi connectivity index (χ2v) is 7.31. The lowest BCUT2D eigenvalue weighted by Gasteiger charge is -2.39. The number of nitrogens with zero attached hydrogens (tertiary/aromatic N) is 1. The van der Waals surface area contributed by atoms with E-state index in [-0.39, 0.29) is 23.8 Å². The number of hydrogen-bond acceptors (Lipinski definition) is 2. The first-order valence-corrected chi connectivity index (χ1v) is 8.76. The molecule has 1 aliphatic rings. The van der Waals surface area contributed by atoms with Crippen molar-refractivity contribution in [2.75, 3.05) is 6.54 Å². The summed E-state index contributed by atoms with van der Waals surface area (Å²) in [7, 11) is 0. The fourth-order valence-corrected chi connectivity index (χ4v) is 3.57. The first-order valence-electron chi connectivity index (χ1n) is 8.00. The summed E-state index contributed by atoms with van der Waals surface area (Å²) in [6, 6.07) is 5.03. The molecule has 132 valence electrons. The van der Waals surface area contributed by atoms with Crippen molar-refractivity contribution in [1.29, 1.82) is 0 Å². The van der Waals surface area contributed by atoms with E-state index in [1.54, 1.807) is 18.2 Å². The Labute approximate surface area is 151 Å². The molecule has 0 radical (unpaired) electrons. The van der Waals surface area contributed by atoms with Crippen molar-refractivity contribution in [2.24, 2.45) is 11.8 Å². The van der Waals surface area contributed by atoms with Gasteiger partial charge in [-0.3, -0.25) is 4.79 Å². The van der Waals surface area contributed by atoms with Gasteiger partial charge in [0.15, 0.2) is 0 Å². The number of benzene rings is 1. The number of nitrogens with one attached hydrogen (secondary N) is 1. The maximum Gasteiger partial charge on any atom is 0.407 e. The van der Waals surface area contributed by atoms with Gasteiger partial charge >= 0.3 is 6.09 Å². The molecule has 2 atom stereocenters. The van der Waals surface area contributed by atoms with Crippen LogP contribution in [0.4, 0.5) is 4.79 Å². The standard InChI is InChI=1S/C17H22Cl2N2O3/c1-10(2)15-7-11(5-6-21(15)17(23)24)16(22)20-9-12-3-4-13(18)8-14(12)19/h3-4,8,10-11,15H,5-7,9H2,1-2H3,(H,20,22)(H,23,24). The number of amides is 2. The van der Waals surface area contributed by atoms with Crippen LogP contribution in [0.5, 0.6) is 0 Å². The van der Waals surface area contributed by atoms with Crippen molar-refractivity contribution in [2.45, 2.75) is 39.3 Å². The Bertz CT molecular complexity index is 622. The molecule has 7 heteroatoms. The Morgan fingerprint density at radius 3 is 2.67 bits per heavy atom. The average Bonchev–Trinajstić information content (AvgIpc) is 2.53. The Balaban J connectivity index is 1.96. The van der Waals surface area contributed by atoms with Crippen molar-refractivity contribution < 1.29 is 14.7 Å². The fourth-order valence-electron chi connectivity index (χ4n) is 3.10. The molecule has 2 N–H and O–H groups in total. The molecule has 0 saturated carbocycles. The highest BCUT2D eigenvalue weighted by Crippen LogP contribution is 2.28. The van der Waals surface area contributed by atoms with Crippen LogP contribution >= 0.6 is 23.2 Å². The fraction of sp³-hybridized carbons (Fsp3) is 0.529. The molecule has 0 aliphatic carbocycles. The lowest BCUT2D eigenvalue weighted by molar-refractivity contribution is -0.127. The molecule has 0 aromatic heterocycles. The van der Waals surface area contributed by atoms with Gasteiger partial charge in [-0.15, -0.1) is 0 Å². The predicted molar refractivity (Wildman–Crippen MR) is 94.4 cm³/mol. The third kappa shape index (κ3) is 4.54. The third-order valence-corrected chi connectivity index (χ3v) is 5.09. The zero-order valence-corrected chi connectivity index (χ0v) is 15.3. The summed E-state index contributed by atoms with van der Waals surface area (Å²) >= 11 is 12.0. The van der Waals surface area contributed by atoms with Crippen LogP contribution in [0.2, 0.25) is 10.0 Å². The van der Waals surface area contributed by atoms with Gasteiger partial charge in [-0.1, -0.05) is 43.1 Å². The molecule has 5 nitrogen and oxygen atoms in total. The monoisotopic (exact) mass is 372 g/mol. The van der Waals surface area contributed by atoms with Crippen LogP contribution in [0, 0.1) is 11.8 Å². The molecule has 0 spiro atoms. The van der Waals surface area contributed by atoms with Crippen LogP contribution in [0.25, 0.3) is 0 Å². The second kappa shape index (κ2) is 8.08. The van der Waals surface area contributed by atoms with Gasteiger partial charge < -0.3 is 15.3 Å². The maximum atomic E-state index is 12.4. The average molecular weight is 373 g/mol. The summed E-state index contributed by atoms with van der Waals surface area (Å²) in [6.07, 6.45) is 0.167. The van der Waals surface area contributed by atoms with Crippen molar-refractivity contribution in [3.05, 3.63) is 33.8 Å². The Hall–Kier alpha value is -1.46. The minimum atomic E-state index is -0.916. The Kier molecular flexibility index (Phi) is 6.35. The number of carboxylic acid groups (broad SMARTS) is 1. The minimum Gasteiger partial charge on any atom is -0.465 e. The van der Waals surface area contributed by atoms with E-state index in [2.05, 4.69) is 5.32 Å². The number of likely N-dealkylation sites (tertiary alicyclic amines) is 1. The number of carbonyl (C=O) groups is 2. The van der Waals surface area contributed by atoms with E-state index >= 15 is 0 Å². The summed E-state index contributed by atoms with van der Waals surface area (Å²) in [4.78, 5) is 25.2. The number of carbonyl (C=O) groups excluding carboxylic acids is 1. The molecule has 1 aromatic rings. The van der Waals surface area contributed by atoms with Crippen LogP contribution in [-0.4, -0.2) is 34.6 Å². The van der Waals surface area contributed by atoms with E-state index in [0.29, 0.717) is 36.0 Å². The van der Waals surface area contributed by atoms with Crippen molar-refractivity contribution in [3.63, 3.8) is 0 Å². The number of rotatable bonds is 4. The molecule has 1 heterocycles. The largest absolute Gasteiger partial charge is 0.465 e. The first kappa shape index (κ1) is 18.9. The molecule has 2 amide bonds. The van der Waals surface area contributed by atoms with E-state index in [4.69, 9.17) is 23.2 Å². The van der Waals surface area contributed by atoms with E-state index < -0.39 is 6.09 Å². The van der Waals surface area contributed by atoms with E-state index in [1.807, 2.05) is 13.8 Å². The van der Waals surface area contributed by atoms with E-state index in [9.17, 15) is 14.7 Å². The molecular formula is C17H22Cl2N2O3. The van der Waals surface area contributed by atoms with Crippen LogP contribution in [-0.2, 0) is 11.3 Å². The molecule has 0 bridgehead atoms. The van der Waals surface area contributed by atoms with Crippen LogP contribution < -0.4 is 5.32 Å². The van der Waals surface area contributed by atoms with Crippen molar-refractivity contribution in [1.82, 2.24) is 10.2 Å². The third-order valence-electron chi connectivity index (χ3n) is 4.50. The second-order valence-electron chi connectivity index (χ2n) is 6.46. The summed E-state index contributed by atoms with van der Waals surface area (Å²) in [5.41, 5.74) is 0.804. The van der Waals surface area contributed by atoms with Crippen molar-refractivity contribution >= 4 is 35.2 Å². The molecule has 1 aromatic carbocycles. The molecule has 24 heavy (non-hydrogen) atoms. The van der Waals surface area contributed by atoms with Gasteiger partial charge in [-0.2, -0.15) is 0 Å². The maximum absolute atomic E-state index is 12.4. The first-order chi connectivity index (χ1) is 11.3. The van der Waals surface area contributed by atoms with E-state index in [1.165, 1.54) is 4.90 Å². The van der Waals surface area contributed by atoms with Crippen LogP contribution in [0.3, 0.4) is 0 Å².